The molecule has 0 aliphatic heterocycles. The van der Waals surface area contributed by atoms with E-state index in [1.807, 2.05) is 0 Å². The van der Waals surface area contributed by atoms with Crippen molar-refractivity contribution in [2.24, 2.45) is 0 Å². The lowest BCUT2D eigenvalue weighted by atomic mass is 10.3. The van der Waals surface area contributed by atoms with Gasteiger partial charge in [0.1, 0.15) is 5.69 Å². The third kappa shape index (κ3) is 3.47. The molecule has 19 heavy (non-hydrogen) atoms. The lowest BCUT2D eigenvalue weighted by Crippen LogP contribution is -2.03. The summed E-state index contributed by atoms with van der Waals surface area (Å²) < 4.78 is 27.9. The van der Waals surface area contributed by atoms with Gasteiger partial charge < -0.3 is 10.4 Å². The standard InChI is InChI=1S/C12H14F2N4O/c13-10-3-1-4-11(12(10)14)15-7-9-8-18(17-16-9)5-2-6-19/h1,3-4,8,15,19H,2,5-7H2. The lowest BCUT2D eigenvalue weighted by molar-refractivity contribution is 0.276. The monoisotopic (exact) mass is 268 g/mol. The maximum absolute atomic E-state index is 13.4. The van der Waals surface area contributed by atoms with Crippen LogP contribution in [0.3, 0.4) is 0 Å². The molecular formula is C12H14F2N4O. The second-order valence-corrected chi connectivity index (χ2v) is 4.01. The summed E-state index contributed by atoms with van der Waals surface area (Å²) in [5.41, 5.74) is 0.700. The number of aryl methyl sites for hydroxylation is 1. The zero-order valence-electron chi connectivity index (χ0n) is 10.2. The highest BCUT2D eigenvalue weighted by atomic mass is 19.2. The Morgan fingerprint density at radius 1 is 1.32 bits per heavy atom. The van der Waals surface area contributed by atoms with E-state index in [9.17, 15) is 8.78 Å². The zero-order valence-corrected chi connectivity index (χ0v) is 10.2. The van der Waals surface area contributed by atoms with E-state index in [1.54, 1.807) is 10.9 Å². The van der Waals surface area contributed by atoms with Crippen LogP contribution in [0.25, 0.3) is 0 Å². The van der Waals surface area contributed by atoms with Crippen LogP contribution in [0.4, 0.5) is 14.5 Å². The summed E-state index contributed by atoms with van der Waals surface area (Å²) in [6.45, 7) is 0.902. The van der Waals surface area contributed by atoms with Crippen LogP contribution in [0.15, 0.2) is 24.4 Å². The van der Waals surface area contributed by atoms with Gasteiger partial charge in [-0.2, -0.15) is 0 Å². The third-order valence-electron chi connectivity index (χ3n) is 2.54. The number of hydrogen-bond acceptors (Lipinski definition) is 4. The maximum atomic E-state index is 13.4. The second-order valence-electron chi connectivity index (χ2n) is 4.01. The maximum Gasteiger partial charge on any atom is 0.181 e. The van der Waals surface area contributed by atoms with Gasteiger partial charge in [-0.05, 0) is 18.6 Å². The normalized spacial score (nSPS) is 10.7. The van der Waals surface area contributed by atoms with Crippen LogP contribution in [0, 0.1) is 11.6 Å². The molecule has 7 heteroatoms. The zero-order chi connectivity index (χ0) is 13.7. The molecule has 0 fully saturated rings. The van der Waals surface area contributed by atoms with Crippen LogP contribution in [0.2, 0.25) is 0 Å². The first-order valence-corrected chi connectivity index (χ1v) is 5.88. The smallest absolute Gasteiger partial charge is 0.181 e. The number of hydrogen-bond donors (Lipinski definition) is 2. The molecule has 0 aliphatic rings. The average Bonchev–Trinajstić information content (AvgIpc) is 2.86. The molecule has 0 bridgehead atoms. The molecule has 5 nitrogen and oxygen atoms in total. The van der Waals surface area contributed by atoms with Gasteiger partial charge in [0, 0.05) is 13.2 Å². The van der Waals surface area contributed by atoms with Crippen molar-refractivity contribution in [3.8, 4) is 0 Å². The minimum atomic E-state index is -0.907. The highest BCUT2D eigenvalue weighted by Gasteiger charge is 2.08. The van der Waals surface area contributed by atoms with Gasteiger partial charge in [0.2, 0.25) is 0 Å². The Kier molecular flexibility index (Phi) is 4.40. The Balaban J connectivity index is 1.95. The Morgan fingerprint density at radius 2 is 2.16 bits per heavy atom. The van der Waals surface area contributed by atoms with Crippen molar-refractivity contribution < 1.29 is 13.9 Å². The van der Waals surface area contributed by atoms with E-state index in [2.05, 4.69) is 15.6 Å². The summed E-state index contributed by atoms with van der Waals surface area (Å²) in [5.74, 6) is -1.80. The van der Waals surface area contributed by atoms with E-state index in [1.165, 1.54) is 12.1 Å². The molecule has 2 rings (SSSR count). The summed E-state index contributed by atoms with van der Waals surface area (Å²) in [5, 5.41) is 19.2. The number of anilines is 1. The van der Waals surface area contributed by atoms with Crippen molar-refractivity contribution in [3.05, 3.63) is 41.7 Å². The Morgan fingerprint density at radius 3 is 2.95 bits per heavy atom. The van der Waals surface area contributed by atoms with Gasteiger partial charge >= 0.3 is 0 Å². The fourth-order valence-corrected chi connectivity index (χ4v) is 1.59. The highest BCUT2D eigenvalue weighted by Crippen LogP contribution is 2.16. The van der Waals surface area contributed by atoms with Crippen LogP contribution in [0.1, 0.15) is 12.1 Å². The van der Waals surface area contributed by atoms with Gasteiger partial charge in [0.05, 0.1) is 18.4 Å². The van der Waals surface area contributed by atoms with Gasteiger partial charge in [-0.3, -0.25) is 4.68 Å². The SMILES string of the molecule is OCCCn1cc(CNc2cccc(F)c2F)nn1. The van der Waals surface area contributed by atoms with Gasteiger partial charge in [-0.15, -0.1) is 5.10 Å². The highest BCUT2D eigenvalue weighted by molar-refractivity contribution is 5.45. The van der Waals surface area contributed by atoms with Crippen molar-refractivity contribution in [1.82, 2.24) is 15.0 Å². The van der Waals surface area contributed by atoms with E-state index in [4.69, 9.17) is 5.11 Å². The molecule has 0 saturated heterocycles. The fourth-order valence-electron chi connectivity index (χ4n) is 1.59. The summed E-state index contributed by atoms with van der Waals surface area (Å²) in [7, 11) is 0. The number of aliphatic hydroxyl groups is 1. The van der Waals surface area contributed by atoms with Crippen LogP contribution in [-0.4, -0.2) is 26.7 Å². The predicted octanol–water partition coefficient (Wildman–Crippen LogP) is 1.55. The van der Waals surface area contributed by atoms with Crippen LogP contribution < -0.4 is 5.32 Å². The van der Waals surface area contributed by atoms with Crippen molar-refractivity contribution in [2.75, 3.05) is 11.9 Å². The van der Waals surface area contributed by atoms with E-state index in [0.717, 1.165) is 6.07 Å². The molecule has 1 heterocycles. The minimum absolute atomic E-state index is 0.0853. The first-order valence-electron chi connectivity index (χ1n) is 5.88. The van der Waals surface area contributed by atoms with E-state index in [0.29, 0.717) is 18.7 Å². The van der Waals surface area contributed by atoms with Crippen LogP contribution in [-0.2, 0) is 13.1 Å². The summed E-state index contributed by atoms with van der Waals surface area (Å²) in [6, 6.07) is 3.94. The number of aliphatic hydroxyl groups excluding tert-OH is 1. The van der Waals surface area contributed by atoms with Crippen LogP contribution in [0.5, 0.6) is 0 Å². The molecule has 102 valence electrons. The molecule has 0 unspecified atom stereocenters. The molecule has 1 aromatic heterocycles. The van der Waals surface area contributed by atoms with E-state index in [-0.39, 0.29) is 18.8 Å². The first kappa shape index (κ1) is 13.4. The van der Waals surface area contributed by atoms with Crippen LogP contribution >= 0.6 is 0 Å². The molecule has 0 aliphatic carbocycles. The summed E-state index contributed by atoms with van der Waals surface area (Å²) in [6.07, 6.45) is 2.29. The van der Waals surface area contributed by atoms with Crippen molar-refractivity contribution in [3.63, 3.8) is 0 Å². The van der Waals surface area contributed by atoms with Gasteiger partial charge in [-0.1, -0.05) is 11.3 Å². The molecule has 2 N–H and O–H groups in total. The minimum Gasteiger partial charge on any atom is -0.396 e. The lowest BCUT2D eigenvalue weighted by Gasteiger charge is -2.05. The number of nitrogens with zero attached hydrogens (tertiary/aromatic N) is 3. The third-order valence-corrected chi connectivity index (χ3v) is 2.54. The molecule has 0 atom stereocenters. The topological polar surface area (TPSA) is 63.0 Å². The molecule has 2 aromatic rings. The van der Waals surface area contributed by atoms with Gasteiger partial charge in [-0.25, -0.2) is 8.78 Å². The number of nitrogens with one attached hydrogen (secondary N) is 1. The van der Waals surface area contributed by atoms with Gasteiger partial charge in [0.15, 0.2) is 11.6 Å². The summed E-state index contributed by atoms with van der Waals surface area (Å²) in [4.78, 5) is 0. The Labute approximate surface area is 108 Å². The van der Waals surface area contributed by atoms with Crippen molar-refractivity contribution in [2.45, 2.75) is 19.5 Å². The van der Waals surface area contributed by atoms with Gasteiger partial charge in [0.25, 0.3) is 0 Å². The number of rotatable bonds is 6. The molecule has 0 amide bonds. The second kappa shape index (κ2) is 6.24. The molecule has 1 aromatic carbocycles. The molecular weight excluding hydrogens is 254 g/mol. The molecule has 0 spiro atoms. The largest absolute Gasteiger partial charge is 0.396 e. The summed E-state index contributed by atoms with van der Waals surface area (Å²) >= 11 is 0. The number of benzene rings is 1. The van der Waals surface area contributed by atoms with E-state index < -0.39 is 11.6 Å². The fraction of sp³-hybridized carbons (Fsp3) is 0.333. The van der Waals surface area contributed by atoms with Crippen molar-refractivity contribution >= 4 is 5.69 Å². The number of aromatic nitrogens is 3. The Hall–Kier alpha value is -2.02. The Bertz CT molecular complexity index is 544. The molecule has 0 radical (unpaired) electrons. The quantitative estimate of drug-likeness (QED) is 0.834. The van der Waals surface area contributed by atoms with Crippen molar-refractivity contribution in [1.29, 1.82) is 0 Å². The average molecular weight is 268 g/mol. The predicted molar refractivity (Wildman–Crippen MR) is 65.4 cm³/mol. The first-order chi connectivity index (χ1) is 9.20. The number of halogens is 2. The van der Waals surface area contributed by atoms with E-state index >= 15 is 0 Å². The molecule has 0 saturated carbocycles.